The van der Waals surface area contributed by atoms with Crippen LogP contribution in [0, 0.1) is 13.8 Å². The molecule has 0 aliphatic heterocycles. The molecule has 0 atom stereocenters. The number of carbonyl (C=O) groups is 1. The maximum atomic E-state index is 11.6. The number of nitrogens with one attached hydrogen (secondary N) is 1. The van der Waals surface area contributed by atoms with Crippen LogP contribution in [0.25, 0.3) is 0 Å². The van der Waals surface area contributed by atoms with E-state index < -0.39 is 0 Å². The van der Waals surface area contributed by atoms with E-state index in [0.717, 1.165) is 11.1 Å². The Balaban J connectivity index is 3.20. The molecule has 82 valence electrons. The molecule has 1 N–H and O–H groups in total. The minimum absolute atomic E-state index is 0.304. The summed E-state index contributed by atoms with van der Waals surface area (Å²) in [7, 11) is 2.94. The highest BCUT2D eigenvalue weighted by Gasteiger charge is 2.14. The summed E-state index contributed by atoms with van der Waals surface area (Å²) in [5.41, 5.74) is 4.69. The Morgan fingerprint density at radius 3 is 2.47 bits per heavy atom. The Labute approximate surface area is 89.1 Å². The second-order valence-electron chi connectivity index (χ2n) is 3.30. The van der Waals surface area contributed by atoms with Crippen LogP contribution in [-0.2, 0) is 4.84 Å². The van der Waals surface area contributed by atoms with E-state index in [-0.39, 0.29) is 5.91 Å². The van der Waals surface area contributed by atoms with Crippen molar-refractivity contribution in [1.82, 2.24) is 5.48 Å². The van der Waals surface area contributed by atoms with Crippen molar-refractivity contribution in [3.05, 3.63) is 28.8 Å². The molecular weight excluding hydrogens is 194 g/mol. The van der Waals surface area contributed by atoms with Crippen LogP contribution in [0.15, 0.2) is 12.1 Å². The predicted molar refractivity (Wildman–Crippen MR) is 56.9 cm³/mol. The molecule has 0 fully saturated rings. The smallest absolute Gasteiger partial charge is 0.278 e. The summed E-state index contributed by atoms with van der Waals surface area (Å²) in [5, 5.41) is 0. The number of ether oxygens (including phenoxy) is 1. The molecular formula is C11H15NO3. The number of rotatable bonds is 3. The van der Waals surface area contributed by atoms with Crippen molar-refractivity contribution in [2.24, 2.45) is 0 Å². The van der Waals surface area contributed by atoms with Gasteiger partial charge in [0.25, 0.3) is 5.91 Å². The van der Waals surface area contributed by atoms with Crippen molar-refractivity contribution in [1.29, 1.82) is 0 Å². The van der Waals surface area contributed by atoms with Gasteiger partial charge in [0.2, 0.25) is 0 Å². The molecule has 0 radical (unpaired) electrons. The minimum atomic E-state index is -0.304. The molecule has 4 nitrogen and oxygen atoms in total. The van der Waals surface area contributed by atoms with Crippen molar-refractivity contribution in [3.63, 3.8) is 0 Å². The number of benzene rings is 1. The quantitative estimate of drug-likeness (QED) is 0.769. The molecule has 4 heteroatoms. The number of carbonyl (C=O) groups excluding carboxylic acids is 1. The van der Waals surface area contributed by atoms with E-state index in [1.165, 1.54) is 7.11 Å². The van der Waals surface area contributed by atoms with E-state index in [0.29, 0.717) is 11.3 Å². The van der Waals surface area contributed by atoms with E-state index in [1.54, 1.807) is 13.2 Å². The number of methoxy groups -OCH3 is 1. The Kier molecular flexibility index (Phi) is 3.68. The molecule has 0 saturated carbocycles. The molecule has 0 aliphatic carbocycles. The first kappa shape index (κ1) is 11.5. The summed E-state index contributed by atoms with van der Waals surface area (Å²) >= 11 is 0. The van der Waals surface area contributed by atoms with Gasteiger partial charge >= 0.3 is 0 Å². The molecule has 1 aromatic carbocycles. The SMILES string of the molecule is CONC(=O)c1cc(C)cc(C)c1OC. The zero-order valence-corrected chi connectivity index (χ0v) is 9.38. The van der Waals surface area contributed by atoms with Crippen LogP contribution >= 0.6 is 0 Å². The van der Waals surface area contributed by atoms with Gasteiger partial charge in [0, 0.05) is 0 Å². The number of hydrogen-bond donors (Lipinski definition) is 1. The highest BCUT2D eigenvalue weighted by molar-refractivity contribution is 5.96. The lowest BCUT2D eigenvalue weighted by Gasteiger charge is -2.11. The summed E-state index contributed by atoms with van der Waals surface area (Å²) in [4.78, 5) is 16.2. The van der Waals surface area contributed by atoms with Crippen molar-refractivity contribution < 1.29 is 14.4 Å². The van der Waals surface area contributed by atoms with Crippen LogP contribution in [0.1, 0.15) is 21.5 Å². The first-order chi connectivity index (χ1) is 7.10. The first-order valence-corrected chi connectivity index (χ1v) is 4.58. The van der Waals surface area contributed by atoms with Crippen molar-refractivity contribution in [3.8, 4) is 5.75 Å². The van der Waals surface area contributed by atoms with Crippen LogP contribution in [0.2, 0.25) is 0 Å². The maximum Gasteiger partial charge on any atom is 0.278 e. The second-order valence-corrected chi connectivity index (χ2v) is 3.30. The predicted octanol–water partition coefficient (Wildman–Crippen LogP) is 1.60. The van der Waals surface area contributed by atoms with E-state index in [9.17, 15) is 4.79 Å². The largest absolute Gasteiger partial charge is 0.496 e. The fourth-order valence-electron chi connectivity index (χ4n) is 1.54. The molecule has 1 amide bonds. The fraction of sp³-hybridized carbons (Fsp3) is 0.364. The summed E-state index contributed by atoms with van der Waals surface area (Å²) in [6, 6.07) is 3.72. The molecule has 1 aromatic rings. The van der Waals surface area contributed by atoms with Crippen LogP contribution < -0.4 is 10.2 Å². The van der Waals surface area contributed by atoms with Gasteiger partial charge in [-0.2, -0.15) is 0 Å². The molecule has 0 bridgehead atoms. The molecule has 0 unspecified atom stereocenters. The number of hydrogen-bond acceptors (Lipinski definition) is 3. The zero-order valence-electron chi connectivity index (χ0n) is 9.38. The highest BCUT2D eigenvalue weighted by atomic mass is 16.6. The van der Waals surface area contributed by atoms with Gasteiger partial charge in [0.15, 0.2) is 0 Å². The van der Waals surface area contributed by atoms with Gasteiger partial charge in [0.1, 0.15) is 5.75 Å². The Hall–Kier alpha value is -1.55. The Bertz CT molecular complexity index is 374. The molecule has 0 aromatic heterocycles. The molecule has 0 heterocycles. The molecule has 0 saturated heterocycles. The Morgan fingerprint density at radius 1 is 1.27 bits per heavy atom. The normalized spacial score (nSPS) is 9.87. The summed E-state index contributed by atoms with van der Waals surface area (Å²) in [6.45, 7) is 3.82. The van der Waals surface area contributed by atoms with Gasteiger partial charge in [-0.1, -0.05) is 6.07 Å². The molecule has 15 heavy (non-hydrogen) atoms. The number of amides is 1. The van der Waals surface area contributed by atoms with E-state index in [4.69, 9.17) is 4.74 Å². The number of aryl methyl sites for hydroxylation is 2. The van der Waals surface area contributed by atoms with E-state index >= 15 is 0 Å². The maximum absolute atomic E-state index is 11.6. The van der Waals surface area contributed by atoms with Gasteiger partial charge in [-0.05, 0) is 31.0 Å². The van der Waals surface area contributed by atoms with Crippen LogP contribution in [0.3, 0.4) is 0 Å². The van der Waals surface area contributed by atoms with E-state index in [2.05, 4.69) is 10.3 Å². The lowest BCUT2D eigenvalue weighted by molar-refractivity contribution is 0.0534. The van der Waals surface area contributed by atoms with Crippen molar-refractivity contribution in [2.75, 3.05) is 14.2 Å². The fourth-order valence-corrected chi connectivity index (χ4v) is 1.54. The third-order valence-electron chi connectivity index (χ3n) is 2.06. The van der Waals surface area contributed by atoms with Crippen molar-refractivity contribution >= 4 is 5.91 Å². The summed E-state index contributed by atoms with van der Waals surface area (Å²) in [5.74, 6) is 0.274. The van der Waals surface area contributed by atoms with Gasteiger partial charge in [-0.15, -0.1) is 0 Å². The van der Waals surface area contributed by atoms with Gasteiger partial charge in [-0.3, -0.25) is 9.63 Å². The molecule has 0 aliphatic rings. The second kappa shape index (κ2) is 4.79. The van der Waals surface area contributed by atoms with Gasteiger partial charge in [0.05, 0.1) is 19.8 Å². The average molecular weight is 209 g/mol. The lowest BCUT2D eigenvalue weighted by Crippen LogP contribution is -2.22. The lowest BCUT2D eigenvalue weighted by atomic mass is 10.1. The first-order valence-electron chi connectivity index (χ1n) is 4.58. The third-order valence-corrected chi connectivity index (χ3v) is 2.06. The minimum Gasteiger partial charge on any atom is -0.496 e. The monoisotopic (exact) mass is 209 g/mol. The van der Waals surface area contributed by atoms with Gasteiger partial charge in [-0.25, -0.2) is 5.48 Å². The zero-order chi connectivity index (χ0) is 11.4. The molecule has 1 rings (SSSR count). The summed E-state index contributed by atoms with van der Waals surface area (Å²) < 4.78 is 5.18. The van der Waals surface area contributed by atoms with Crippen LogP contribution in [-0.4, -0.2) is 20.1 Å². The van der Waals surface area contributed by atoms with Gasteiger partial charge < -0.3 is 4.74 Å². The highest BCUT2D eigenvalue weighted by Crippen LogP contribution is 2.24. The van der Waals surface area contributed by atoms with E-state index in [1.807, 2.05) is 19.9 Å². The third kappa shape index (κ3) is 2.47. The number of hydroxylamine groups is 1. The topological polar surface area (TPSA) is 47.6 Å². The van der Waals surface area contributed by atoms with Crippen LogP contribution in [0.5, 0.6) is 5.75 Å². The Morgan fingerprint density at radius 2 is 1.93 bits per heavy atom. The standard InChI is InChI=1S/C11H15NO3/c1-7-5-8(2)10(14-3)9(6-7)11(13)12-15-4/h5-6H,1-4H3,(H,12,13). The average Bonchev–Trinajstić information content (AvgIpc) is 2.17. The van der Waals surface area contributed by atoms with Crippen molar-refractivity contribution in [2.45, 2.75) is 13.8 Å². The van der Waals surface area contributed by atoms with Crippen LogP contribution in [0.4, 0.5) is 0 Å². The summed E-state index contributed by atoms with van der Waals surface area (Å²) in [6.07, 6.45) is 0. The molecule has 0 spiro atoms.